The van der Waals surface area contributed by atoms with Crippen LogP contribution in [-0.2, 0) is 0 Å². The molecule has 0 bridgehead atoms. The molecule has 94 valence electrons. The molecular formula is C15H16BrNO. The summed E-state index contributed by atoms with van der Waals surface area (Å²) in [6.07, 6.45) is 0. The molecule has 0 saturated heterocycles. The SMILES string of the molecule is CC(C)N(C)C(=O)c1ccc2cc(Br)ccc2c1. The fourth-order valence-corrected chi connectivity index (χ4v) is 2.17. The number of carbonyl (C=O) groups is 1. The van der Waals surface area contributed by atoms with Crippen LogP contribution in [0.5, 0.6) is 0 Å². The number of hydrogen-bond acceptors (Lipinski definition) is 1. The topological polar surface area (TPSA) is 20.3 Å². The molecule has 0 spiro atoms. The molecule has 0 fully saturated rings. The Hall–Kier alpha value is -1.35. The molecular weight excluding hydrogens is 290 g/mol. The van der Waals surface area contributed by atoms with Gasteiger partial charge in [0.15, 0.2) is 0 Å². The van der Waals surface area contributed by atoms with Crippen molar-refractivity contribution in [3.8, 4) is 0 Å². The van der Waals surface area contributed by atoms with Gasteiger partial charge in [0.05, 0.1) is 0 Å². The van der Waals surface area contributed by atoms with Crippen molar-refractivity contribution in [3.63, 3.8) is 0 Å². The van der Waals surface area contributed by atoms with E-state index in [9.17, 15) is 4.79 Å². The first-order valence-electron chi connectivity index (χ1n) is 5.95. The Kier molecular flexibility index (Phi) is 3.71. The number of amides is 1. The number of benzene rings is 2. The summed E-state index contributed by atoms with van der Waals surface area (Å²) in [5, 5.41) is 2.22. The first kappa shape index (κ1) is 13.1. The summed E-state index contributed by atoms with van der Waals surface area (Å²) in [7, 11) is 1.83. The van der Waals surface area contributed by atoms with Crippen LogP contribution in [0, 0.1) is 0 Å². The van der Waals surface area contributed by atoms with E-state index < -0.39 is 0 Å². The molecule has 1 amide bonds. The fraction of sp³-hybridized carbons (Fsp3) is 0.267. The number of nitrogens with zero attached hydrogens (tertiary/aromatic N) is 1. The predicted octanol–water partition coefficient (Wildman–Crippen LogP) is 4.08. The number of halogens is 1. The van der Waals surface area contributed by atoms with Gasteiger partial charge >= 0.3 is 0 Å². The van der Waals surface area contributed by atoms with Crippen LogP contribution in [0.3, 0.4) is 0 Å². The smallest absolute Gasteiger partial charge is 0.253 e. The molecule has 2 aromatic carbocycles. The van der Waals surface area contributed by atoms with E-state index in [0.29, 0.717) is 0 Å². The van der Waals surface area contributed by atoms with Crippen LogP contribution in [-0.4, -0.2) is 23.9 Å². The lowest BCUT2D eigenvalue weighted by molar-refractivity contribution is 0.0755. The zero-order chi connectivity index (χ0) is 13.3. The van der Waals surface area contributed by atoms with E-state index >= 15 is 0 Å². The maximum absolute atomic E-state index is 12.2. The lowest BCUT2D eigenvalue weighted by atomic mass is 10.1. The highest BCUT2D eigenvalue weighted by atomic mass is 79.9. The Balaban J connectivity index is 2.41. The number of rotatable bonds is 2. The van der Waals surface area contributed by atoms with Crippen molar-refractivity contribution in [3.05, 3.63) is 46.4 Å². The first-order chi connectivity index (χ1) is 8.49. The van der Waals surface area contributed by atoms with Crippen LogP contribution in [0.15, 0.2) is 40.9 Å². The molecule has 2 nitrogen and oxygen atoms in total. The van der Waals surface area contributed by atoms with Crippen LogP contribution in [0.1, 0.15) is 24.2 Å². The van der Waals surface area contributed by atoms with Gasteiger partial charge in [0.25, 0.3) is 5.91 Å². The summed E-state index contributed by atoms with van der Waals surface area (Å²) in [6.45, 7) is 4.02. The van der Waals surface area contributed by atoms with E-state index in [1.54, 1.807) is 4.90 Å². The highest BCUT2D eigenvalue weighted by molar-refractivity contribution is 9.10. The van der Waals surface area contributed by atoms with Gasteiger partial charge in [-0.3, -0.25) is 4.79 Å². The lowest BCUT2D eigenvalue weighted by Crippen LogP contribution is -2.32. The molecule has 0 aromatic heterocycles. The van der Waals surface area contributed by atoms with Crippen molar-refractivity contribution < 1.29 is 4.79 Å². The molecule has 0 atom stereocenters. The summed E-state index contributed by atoms with van der Waals surface area (Å²) >= 11 is 3.45. The van der Waals surface area contributed by atoms with Crippen molar-refractivity contribution >= 4 is 32.6 Å². The number of hydrogen-bond donors (Lipinski definition) is 0. The average molecular weight is 306 g/mol. The maximum Gasteiger partial charge on any atom is 0.253 e. The molecule has 0 saturated carbocycles. The monoisotopic (exact) mass is 305 g/mol. The van der Waals surface area contributed by atoms with Crippen LogP contribution >= 0.6 is 15.9 Å². The molecule has 0 aliphatic carbocycles. The van der Waals surface area contributed by atoms with Gasteiger partial charge in [-0.1, -0.05) is 28.1 Å². The van der Waals surface area contributed by atoms with Crippen molar-refractivity contribution in [1.82, 2.24) is 4.90 Å². The zero-order valence-electron chi connectivity index (χ0n) is 10.8. The number of carbonyl (C=O) groups excluding carboxylic acids is 1. The van der Waals surface area contributed by atoms with E-state index in [4.69, 9.17) is 0 Å². The normalized spacial score (nSPS) is 10.9. The lowest BCUT2D eigenvalue weighted by Gasteiger charge is -2.21. The average Bonchev–Trinajstić information content (AvgIpc) is 2.36. The molecule has 0 N–H and O–H groups in total. The number of fused-ring (bicyclic) bond motifs is 1. The quantitative estimate of drug-likeness (QED) is 0.818. The summed E-state index contributed by atoms with van der Waals surface area (Å²) in [4.78, 5) is 14.0. The second-order valence-corrected chi connectivity index (χ2v) is 5.63. The van der Waals surface area contributed by atoms with Gasteiger partial charge < -0.3 is 4.90 Å². The molecule has 0 heterocycles. The van der Waals surface area contributed by atoms with E-state index in [1.807, 2.05) is 51.2 Å². The van der Waals surface area contributed by atoms with E-state index in [2.05, 4.69) is 22.0 Å². The molecule has 0 unspecified atom stereocenters. The highest BCUT2D eigenvalue weighted by Gasteiger charge is 2.14. The van der Waals surface area contributed by atoms with Crippen LogP contribution in [0.2, 0.25) is 0 Å². The van der Waals surface area contributed by atoms with Gasteiger partial charge in [-0.05, 0) is 48.9 Å². The minimum Gasteiger partial charge on any atom is -0.339 e. The standard InChI is InChI=1S/C15H16BrNO/c1-10(2)17(3)15(18)13-5-4-12-9-14(16)7-6-11(12)8-13/h4-10H,1-3H3. The van der Waals surface area contributed by atoms with Gasteiger partial charge in [-0.15, -0.1) is 0 Å². The van der Waals surface area contributed by atoms with Crippen LogP contribution in [0.4, 0.5) is 0 Å². The minimum atomic E-state index is 0.0646. The maximum atomic E-state index is 12.2. The Morgan fingerprint density at radius 2 is 1.72 bits per heavy atom. The van der Waals surface area contributed by atoms with Gasteiger partial charge in [0.1, 0.15) is 0 Å². The Labute approximate surface area is 116 Å². The third-order valence-corrected chi connectivity index (χ3v) is 3.64. The van der Waals surface area contributed by atoms with E-state index in [0.717, 1.165) is 20.8 Å². The minimum absolute atomic E-state index is 0.0646. The third kappa shape index (κ3) is 2.56. The van der Waals surface area contributed by atoms with Crippen molar-refractivity contribution in [1.29, 1.82) is 0 Å². The highest BCUT2D eigenvalue weighted by Crippen LogP contribution is 2.21. The molecule has 2 aromatic rings. The molecule has 0 aliphatic rings. The van der Waals surface area contributed by atoms with E-state index in [1.165, 1.54) is 0 Å². The second kappa shape index (κ2) is 5.11. The molecule has 0 aliphatic heterocycles. The second-order valence-electron chi connectivity index (χ2n) is 4.72. The molecule has 3 heteroatoms. The van der Waals surface area contributed by atoms with Crippen LogP contribution < -0.4 is 0 Å². The fourth-order valence-electron chi connectivity index (χ4n) is 1.79. The summed E-state index contributed by atoms with van der Waals surface area (Å²) in [5.74, 6) is 0.0646. The predicted molar refractivity (Wildman–Crippen MR) is 78.9 cm³/mol. The molecule has 18 heavy (non-hydrogen) atoms. The Morgan fingerprint density at radius 3 is 2.39 bits per heavy atom. The zero-order valence-corrected chi connectivity index (χ0v) is 12.4. The van der Waals surface area contributed by atoms with Gasteiger partial charge in [0.2, 0.25) is 0 Å². The Bertz CT molecular complexity index is 592. The van der Waals surface area contributed by atoms with Crippen molar-refractivity contribution in [2.24, 2.45) is 0 Å². The summed E-state index contributed by atoms with van der Waals surface area (Å²) < 4.78 is 1.05. The van der Waals surface area contributed by atoms with Gasteiger partial charge in [-0.25, -0.2) is 0 Å². The Morgan fingerprint density at radius 1 is 1.11 bits per heavy atom. The van der Waals surface area contributed by atoms with Crippen LogP contribution in [0.25, 0.3) is 10.8 Å². The van der Waals surface area contributed by atoms with Gasteiger partial charge in [-0.2, -0.15) is 0 Å². The molecule has 2 rings (SSSR count). The van der Waals surface area contributed by atoms with Crippen molar-refractivity contribution in [2.45, 2.75) is 19.9 Å². The summed E-state index contributed by atoms with van der Waals surface area (Å²) in [6, 6.07) is 12.1. The molecule has 0 radical (unpaired) electrons. The van der Waals surface area contributed by atoms with E-state index in [-0.39, 0.29) is 11.9 Å². The third-order valence-electron chi connectivity index (χ3n) is 3.14. The van der Waals surface area contributed by atoms with Gasteiger partial charge in [0, 0.05) is 23.1 Å². The van der Waals surface area contributed by atoms with Crippen molar-refractivity contribution in [2.75, 3.05) is 7.05 Å². The largest absolute Gasteiger partial charge is 0.339 e. The first-order valence-corrected chi connectivity index (χ1v) is 6.75. The summed E-state index contributed by atoms with van der Waals surface area (Å²) in [5.41, 5.74) is 0.737.